The zero-order valence-corrected chi connectivity index (χ0v) is 15.5. The maximum absolute atomic E-state index is 12.2. The smallest absolute Gasteiger partial charge is 0.356 e. The quantitative estimate of drug-likeness (QED) is 0.345. The number of nitrogens with one attached hydrogen (secondary N) is 1. The van der Waals surface area contributed by atoms with Gasteiger partial charge in [-0.3, -0.25) is 9.99 Å². The van der Waals surface area contributed by atoms with Crippen LogP contribution in [0.5, 0.6) is 0 Å². The van der Waals surface area contributed by atoms with Gasteiger partial charge in [-0.25, -0.2) is 15.4 Å². The number of hydrogen-bond donors (Lipinski definition) is 2. The number of pyridine rings is 1. The first kappa shape index (κ1) is 20.4. The van der Waals surface area contributed by atoms with Crippen LogP contribution in [-0.2, 0) is 14.3 Å². The minimum atomic E-state index is -0.631. The van der Waals surface area contributed by atoms with E-state index in [0.29, 0.717) is 11.4 Å². The molecule has 1 aromatic heterocycles. The van der Waals surface area contributed by atoms with Crippen molar-refractivity contribution in [3.8, 4) is 0 Å². The molecule has 3 N–H and O–H groups in total. The number of rotatable bonds is 6. The third-order valence-corrected chi connectivity index (χ3v) is 3.01. The Kier molecular flexibility index (Phi) is 6.93. The molecule has 0 unspecified atom stereocenters. The lowest BCUT2D eigenvalue weighted by molar-refractivity contribution is -0.150. The van der Waals surface area contributed by atoms with Crippen LogP contribution in [0.3, 0.4) is 0 Å². The van der Waals surface area contributed by atoms with E-state index in [4.69, 9.17) is 15.3 Å². The van der Waals surface area contributed by atoms with Crippen molar-refractivity contribution in [2.24, 2.45) is 5.84 Å². The van der Waals surface area contributed by atoms with Crippen molar-refractivity contribution in [2.75, 3.05) is 18.7 Å². The van der Waals surface area contributed by atoms with Crippen molar-refractivity contribution >= 4 is 17.6 Å². The molecule has 0 bridgehead atoms. The van der Waals surface area contributed by atoms with Crippen LogP contribution in [0.15, 0.2) is 24.2 Å². The Morgan fingerprint density at radius 3 is 2.56 bits per heavy atom. The summed E-state index contributed by atoms with van der Waals surface area (Å²) in [6, 6.07) is 1.55. The van der Waals surface area contributed by atoms with Gasteiger partial charge in [0.15, 0.2) is 0 Å². The molecule has 0 radical (unpaired) electrons. The normalized spacial score (nSPS) is 11.7. The lowest BCUT2D eigenvalue weighted by Crippen LogP contribution is -2.33. The highest BCUT2D eigenvalue weighted by molar-refractivity contribution is 5.91. The van der Waals surface area contributed by atoms with Gasteiger partial charge in [-0.1, -0.05) is 0 Å². The summed E-state index contributed by atoms with van der Waals surface area (Å²) in [5.41, 5.74) is 0.856. The molecule has 0 saturated heterocycles. The standard InChI is InChI=1S/C17H26N4O4/c1-7-24-15(22)12-8-14(11(2)20-9-12)21(18)10-13(19-6)16(23)25-17(3,4)5/h8-10,19H,7,18H2,1-6H3/b13-10-. The SMILES string of the molecule is CCOC(=O)c1cnc(C)c(N(N)/C=C(\NC)C(=O)OC(C)(C)C)c1. The fourth-order valence-corrected chi connectivity index (χ4v) is 1.87. The van der Waals surface area contributed by atoms with E-state index < -0.39 is 17.5 Å². The molecular weight excluding hydrogens is 324 g/mol. The second-order valence-electron chi connectivity index (χ2n) is 6.25. The van der Waals surface area contributed by atoms with Gasteiger partial charge in [0.05, 0.1) is 29.8 Å². The molecular formula is C17H26N4O4. The van der Waals surface area contributed by atoms with Crippen molar-refractivity contribution < 1.29 is 19.1 Å². The summed E-state index contributed by atoms with van der Waals surface area (Å²) in [4.78, 5) is 28.2. The van der Waals surface area contributed by atoms with Gasteiger partial charge in [0.1, 0.15) is 11.3 Å². The summed E-state index contributed by atoms with van der Waals surface area (Å²) in [7, 11) is 1.59. The van der Waals surface area contributed by atoms with Gasteiger partial charge in [0, 0.05) is 13.2 Å². The fraction of sp³-hybridized carbons (Fsp3) is 0.471. The van der Waals surface area contributed by atoms with Crippen LogP contribution >= 0.6 is 0 Å². The van der Waals surface area contributed by atoms with E-state index in [2.05, 4.69) is 10.3 Å². The molecule has 8 nitrogen and oxygen atoms in total. The highest BCUT2D eigenvalue weighted by Gasteiger charge is 2.20. The van der Waals surface area contributed by atoms with Crippen molar-refractivity contribution in [2.45, 2.75) is 40.2 Å². The van der Waals surface area contributed by atoms with Gasteiger partial charge in [-0.05, 0) is 40.7 Å². The number of hydrogen-bond acceptors (Lipinski definition) is 8. The predicted octanol–water partition coefficient (Wildman–Crippen LogP) is 1.65. The average molecular weight is 350 g/mol. The lowest BCUT2D eigenvalue weighted by Gasteiger charge is -2.22. The van der Waals surface area contributed by atoms with Gasteiger partial charge in [-0.15, -0.1) is 0 Å². The molecule has 0 spiro atoms. The third kappa shape index (κ3) is 6.07. The summed E-state index contributed by atoms with van der Waals surface area (Å²) in [5.74, 6) is 5.00. The highest BCUT2D eigenvalue weighted by Crippen LogP contribution is 2.19. The molecule has 1 rings (SSSR count). The van der Waals surface area contributed by atoms with E-state index in [9.17, 15) is 9.59 Å². The van der Waals surface area contributed by atoms with Gasteiger partial charge in [-0.2, -0.15) is 0 Å². The Hall–Kier alpha value is -2.61. The summed E-state index contributed by atoms with van der Waals surface area (Å²) in [5, 5.41) is 3.96. The van der Waals surface area contributed by atoms with Crippen molar-refractivity contribution in [1.82, 2.24) is 10.3 Å². The molecule has 1 aromatic rings. The molecule has 0 aromatic carbocycles. The molecule has 8 heteroatoms. The van der Waals surface area contributed by atoms with E-state index in [1.807, 2.05) is 0 Å². The minimum Gasteiger partial charge on any atom is -0.462 e. The first-order chi connectivity index (χ1) is 11.6. The maximum Gasteiger partial charge on any atom is 0.356 e. The molecule has 0 aliphatic carbocycles. The van der Waals surface area contributed by atoms with Crippen LogP contribution in [0.2, 0.25) is 0 Å². The number of esters is 2. The molecule has 25 heavy (non-hydrogen) atoms. The molecule has 0 aliphatic heterocycles. The monoisotopic (exact) mass is 350 g/mol. The Morgan fingerprint density at radius 1 is 1.40 bits per heavy atom. The van der Waals surface area contributed by atoms with Crippen LogP contribution in [0.25, 0.3) is 0 Å². The van der Waals surface area contributed by atoms with Gasteiger partial charge in [0.2, 0.25) is 0 Å². The van der Waals surface area contributed by atoms with Crippen molar-refractivity contribution in [1.29, 1.82) is 0 Å². The number of aromatic nitrogens is 1. The molecule has 0 aliphatic rings. The van der Waals surface area contributed by atoms with Gasteiger partial charge in [0.25, 0.3) is 0 Å². The third-order valence-electron chi connectivity index (χ3n) is 3.01. The minimum absolute atomic E-state index is 0.165. The summed E-state index contributed by atoms with van der Waals surface area (Å²) in [6.45, 7) is 9.04. The molecule has 0 atom stereocenters. The zero-order valence-electron chi connectivity index (χ0n) is 15.5. The van der Waals surface area contributed by atoms with Crippen molar-refractivity contribution in [3.63, 3.8) is 0 Å². The molecule has 0 fully saturated rings. The Morgan fingerprint density at radius 2 is 2.04 bits per heavy atom. The number of aryl methyl sites for hydroxylation is 1. The van der Waals surface area contributed by atoms with Crippen LogP contribution < -0.4 is 16.2 Å². The second-order valence-corrected chi connectivity index (χ2v) is 6.25. The van der Waals surface area contributed by atoms with E-state index >= 15 is 0 Å². The number of ether oxygens (including phenoxy) is 2. The van der Waals surface area contributed by atoms with Gasteiger partial charge >= 0.3 is 11.9 Å². The van der Waals surface area contributed by atoms with E-state index in [0.717, 1.165) is 0 Å². The molecule has 1 heterocycles. The summed E-state index contributed by atoms with van der Waals surface area (Å²) in [6.07, 6.45) is 2.80. The zero-order chi connectivity index (χ0) is 19.2. The Labute approximate surface area is 148 Å². The number of carbonyl (C=O) groups excluding carboxylic acids is 2. The van der Waals surface area contributed by atoms with Gasteiger partial charge < -0.3 is 14.8 Å². The van der Waals surface area contributed by atoms with Crippen LogP contribution in [-0.4, -0.2) is 36.2 Å². The molecule has 0 amide bonds. The van der Waals surface area contributed by atoms with Crippen LogP contribution in [0, 0.1) is 6.92 Å². The average Bonchev–Trinajstić information content (AvgIpc) is 2.51. The number of likely N-dealkylation sites (N-methyl/N-ethyl adjacent to an activating group) is 1. The summed E-state index contributed by atoms with van der Waals surface area (Å²) >= 11 is 0. The first-order valence-corrected chi connectivity index (χ1v) is 7.89. The van der Waals surface area contributed by atoms with Crippen LogP contribution in [0.4, 0.5) is 5.69 Å². The molecule has 0 saturated carbocycles. The summed E-state index contributed by atoms with van der Waals surface area (Å²) < 4.78 is 10.3. The predicted molar refractivity (Wildman–Crippen MR) is 94.6 cm³/mol. The van der Waals surface area contributed by atoms with E-state index in [1.54, 1.807) is 47.7 Å². The lowest BCUT2D eigenvalue weighted by atomic mass is 10.2. The fourth-order valence-electron chi connectivity index (χ4n) is 1.87. The topological polar surface area (TPSA) is 107 Å². The number of nitrogens with two attached hydrogens (primary N) is 1. The number of carbonyl (C=O) groups is 2. The van der Waals surface area contributed by atoms with E-state index in [1.165, 1.54) is 17.4 Å². The number of hydrazine groups is 1. The van der Waals surface area contributed by atoms with Crippen molar-refractivity contribution in [3.05, 3.63) is 35.4 Å². The van der Waals surface area contributed by atoms with Crippen LogP contribution in [0.1, 0.15) is 43.7 Å². The number of nitrogens with zero attached hydrogens (tertiary/aromatic N) is 2. The molecule has 138 valence electrons. The number of anilines is 1. The second kappa shape index (κ2) is 8.48. The van der Waals surface area contributed by atoms with E-state index in [-0.39, 0.29) is 17.9 Å². The Balaban J connectivity index is 3.12. The first-order valence-electron chi connectivity index (χ1n) is 7.89. The Bertz CT molecular complexity index is 665. The largest absolute Gasteiger partial charge is 0.462 e. The highest BCUT2D eigenvalue weighted by atomic mass is 16.6. The maximum atomic E-state index is 12.2.